The maximum absolute atomic E-state index is 11.8. The molecule has 19 heavy (non-hydrogen) atoms. The third kappa shape index (κ3) is 3.52. The van der Waals surface area contributed by atoms with Gasteiger partial charge in [-0.25, -0.2) is 4.79 Å². The van der Waals surface area contributed by atoms with Gasteiger partial charge in [0, 0.05) is 22.3 Å². The fraction of sp³-hybridized carbons (Fsp3) is 0.417. The topological polar surface area (TPSA) is 66.6 Å². The lowest BCUT2D eigenvalue weighted by Gasteiger charge is -2.37. The molecule has 4 nitrogen and oxygen atoms in total. The van der Waals surface area contributed by atoms with Crippen molar-refractivity contribution in [2.24, 2.45) is 5.73 Å². The van der Waals surface area contributed by atoms with Gasteiger partial charge in [-0.3, -0.25) is 0 Å². The Balaban J connectivity index is 3.56. The van der Waals surface area contributed by atoms with Crippen LogP contribution in [0.3, 0.4) is 0 Å². The zero-order valence-electron chi connectivity index (χ0n) is 10.7. The van der Waals surface area contributed by atoms with Crippen LogP contribution >= 0.6 is 67.8 Å². The lowest BCUT2D eigenvalue weighted by molar-refractivity contribution is -0.146. The number of carboxylic acid groups (broad SMARTS) is 1. The molecule has 0 saturated carbocycles. The van der Waals surface area contributed by atoms with Crippen molar-refractivity contribution in [2.45, 2.75) is 18.5 Å². The first-order chi connectivity index (χ1) is 8.62. The van der Waals surface area contributed by atoms with Crippen LogP contribution in [-0.4, -0.2) is 36.1 Å². The Morgan fingerprint density at radius 3 is 2.05 bits per heavy atom. The van der Waals surface area contributed by atoms with Crippen molar-refractivity contribution >= 4 is 73.7 Å². The minimum absolute atomic E-state index is 0.327. The molecule has 0 fully saturated rings. The average Bonchev–Trinajstić information content (AvgIpc) is 2.25. The first-order valence-corrected chi connectivity index (χ1v) is 8.69. The van der Waals surface area contributed by atoms with Crippen LogP contribution in [0.25, 0.3) is 0 Å². The lowest BCUT2D eigenvalue weighted by Crippen LogP contribution is -2.58. The summed E-state index contributed by atoms with van der Waals surface area (Å²) in [6, 6.07) is 3.57. The molecule has 2 atom stereocenters. The van der Waals surface area contributed by atoms with Crippen molar-refractivity contribution in [1.82, 2.24) is 4.90 Å². The van der Waals surface area contributed by atoms with E-state index < -0.39 is 11.5 Å². The highest BCUT2D eigenvalue weighted by molar-refractivity contribution is 14.1. The van der Waals surface area contributed by atoms with E-state index in [-0.39, 0.29) is 6.04 Å². The molecule has 2 unspecified atom stereocenters. The van der Waals surface area contributed by atoms with Gasteiger partial charge in [-0.05, 0) is 101 Å². The normalized spacial score (nSPS) is 16.2. The number of aliphatic carboxylic acids is 1. The maximum atomic E-state index is 11.8. The van der Waals surface area contributed by atoms with Crippen LogP contribution < -0.4 is 5.73 Å². The van der Waals surface area contributed by atoms with Crippen molar-refractivity contribution in [3.63, 3.8) is 0 Å². The summed E-state index contributed by atoms with van der Waals surface area (Å²) in [5, 5.41) is 9.66. The number of nitrogens with two attached hydrogens (primary N) is 1. The largest absolute Gasteiger partial charge is 0.480 e. The van der Waals surface area contributed by atoms with Crippen LogP contribution in [0.5, 0.6) is 0 Å². The Morgan fingerprint density at radius 2 is 1.74 bits per heavy atom. The van der Waals surface area contributed by atoms with E-state index in [4.69, 9.17) is 5.73 Å². The molecule has 7 heteroatoms. The fourth-order valence-electron chi connectivity index (χ4n) is 1.84. The number of rotatable bonds is 4. The third-order valence-corrected chi connectivity index (χ3v) is 5.53. The van der Waals surface area contributed by atoms with Gasteiger partial charge in [-0.15, -0.1) is 0 Å². The van der Waals surface area contributed by atoms with Crippen LogP contribution in [0.15, 0.2) is 12.1 Å². The summed E-state index contributed by atoms with van der Waals surface area (Å²) in [7, 11) is 3.67. The van der Waals surface area contributed by atoms with E-state index >= 15 is 0 Å². The van der Waals surface area contributed by atoms with Gasteiger partial charge in [-0.1, -0.05) is 0 Å². The summed E-state index contributed by atoms with van der Waals surface area (Å²) in [5.74, 6) is -1.01. The number of carboxylic acids is 1. The van der Waals surface area contributed by atoms with Crippen LogP contribution in [-0.2, 0) is 10.3 Å². The minimum Gasteiger partial charge on any atom is -0.480 e. The van der Waals surface area contributed by atoms with Crippen LogP contribution in [0.2, 0.25) is 0 Å². The molecule has 0 amide bonds. The molecule has 3 N–H and O–H groups in total. The minimum atomic E-state index is -1.43. The van der Waals surface area contributed by atoms with Gasteiger partial charge in [0.15, 0.2) is 5.54 Å². The molecule has 0 bridgehead atoms. The molecule has 1 aromatic rings. The summed E-state index contributed by atoms with van der Waals surface area (Å²) in [6.07, 6.45) is 0. The Morgan fingerprint density at radius 1 is 1.32 bits per heavy atom. The lowest BCUT2D eigenvalue weighted by atomic mass is 9.84. The smallest absolute Gasteiger partial charge is 0.330 e. The molecule has 0 spiro atoms. The molecule has 0 aliphatic carbocycles. The van der Waals surface area contributed by atoms with Crippen molar-refractivity contribution in [1.29, 1.82) is 0 Å². The van der Waals surface area contributed by atoms with E-state index in [1.807, 2.05) is 38.1 Å². The van der Waals surface area contributed by atoms with E-state index in [1.165, 1.54) is 0 Å². The van der Waals surface area contributed by atoms with Gasteiger partial charge in [0.25, 0.3) is 0 Å². The van der Waals surface area contributed by atoms with E-state index in [1.54, 1.807) is 0 Å². The predicted molar refractivity (Wildman–Crippen MR) is 101 cm³/mol. The summed E-state index contributed by atoms with van der Waals surface area (Å²) >= 11 is 6.53. The molecule has 0 aliphatic rings. The molecular formula is C12H15I3N2O2. The highest BCUT2D eigenvalue weighted by atomic mass is 127. The summed E-state index contributed by atoms with van der Waals surface area (Å²) < 4.78 is 2.83. The quantitative estimate of drug-likeness (QED) is 0.523. The van der Waals surface area contributed by atoms with Crippen LogP contribution in [0.4, 0.5) is 0 Å². The molecule has 0 saturated heterocycles. The SMILES string of the molecule is CC(N(C)C)C(N)(C(=O)O)c1c(I)cc(I)cc1I. The van der Waals surface area contributed by atoms with Crippen molar-refractivity contribution < 1.29 is 9.90 Å². The number of hydrogen-bond donors (Lipinski definition) is 2. The zero-order chi connectivity index (χ0) is 15.0. The standard InChI is InChI=1S/C12H15I3N2O2/c1-6(17(2)3)12(16,11(18)19)10-8(14)4-7(13)5-9(10)15/h4-6H,16H2,1-3H3,(H,18,19). The first-order valence-electron chi connectivity index (χ1n) is 5.46. The molecule has 1 rings (SSSR count). The number of likely N-dealkylation sites (N-methyl/N-ethyl adjacent to an activating group) is 1. The second-order valence-electron chi connectivity index (χ2n) is 4.56. The van der Waals surface area contributed by atoms with Gasteiger partial charge in [0.1, 0.15) is 0 Å². The molecule has 0 aliphatic heterocycles. The predicted octanol–water partition coefficient (Wildman–Crippen LogP) is 2.69. The Bertz CT molecular complexity index is 485. The van der Waals surface area contributed by atoms with Gasteiger partial charge >= 0.3 is 5.97 Å². The van der Waals surface area contributed by atoms with E-state index in [0.717, 1.165) is 10.7 Å². The van der Waals surface area contributed by atoms with Gasteiger partial charge in [0.2, 0.25) is 0 Å². The number of carbonyl (C=O) groups is 1. The van der Waals surface area contributed by atoms with E-state index in [2.05, 4.69) is 67.8 Å². The fourth-order valence-corrected chi connectivity index (χ4v) is 6.31. The van der Waals surface area contributed by atoms with Gasteiger partial charge < -0.3 is 15.7 Å². The highest BCUT2D eigenvalue weighted by Gasteiger charge is 2.45. The molecule has 0 aromatic heterocycles. The Kier molecular flexibility index (Phi) is 6.30. The van der Waals surface area contributed by atoms with Gasteiger partial charge in [-0.2, -0.15) is 0 Å². The zero-order valence-corrected chi connectivity index (χ0v) is 17.2. The van der Waals surface area contributed by atoms with Crippen LogP contribution in [0, 0.1) is 10.7 Å². The summed E-state index contributed by atoms with van der Waals surface area (Å²) in [6.45, 7) is 1.83. The molecular weight excluding hydrogens is 585 g/mol. The Labute approximate surface area is 153 Å². The van der Waals surface area contributed by atoms with Crippen molar-refractivity contribution in [3.8, 4) is 0 Å². The molecule has 0 heterocycles. The number of nitrogens with zero attached hydrogens (tertiary/aromatic N) is 1. The second-order valence-corrected chi connectivity index (χ2v) is 8.13. The third-order valence-electron chi connectivity index (χ3n) is 3.21. The molecule has 0 radical (unpaired) electrons. The maximum Gasteiger partial charge on any atom is 0.330 e. The first kappa shape index (κ1) is 17.9. The number of benzene rings is 1. The van der Waals surface area contributed by atoms with Gasteiger partial charge in [0.05, 0.1) is 0 Å². The monoisotopic (exact) mass is 600 g/mol. The Hall–Kier alpha value is 0.800. The summed E-state index contributed by atoms with van der Waals surface area (Å²) in [4.78, 5) is 13.6. The second kappa shape index (κ2) is 6.71. The number of halogens is 3. The number of hydrogen-bond acceptors (Lipinski definition) is 3. The average molecular weight is 600 g/mol. The van der Waals surface area contributed by atoms with E-state index in [9.17, 15) is 9.90 Å². The van der Waals surface area contributed by atoms with Crippen molar-refractivity contribution in [3.05, 3.63) is 28.4 Å². The molecule has 1 aromatic carbocycles. The summed E-state index contributed by atoms with van der Waals surface area (Å²) in [5.41, 5.74) is 5.56. The highest BCUT2D eigenvalue weighted by Crippen LogP contribution is 2.34. The van der Waals surface area contributed by atoms with Crippen LogP contribution in [0.1, 0.15) is 12.5 Å². The van der Waals surface area contributed by atoms with Crippen molar-refractivity contribution in [2.75, 3.05) is 14.1 Å². The molecule has 106 valence electrons. The van der Waals surface area contributed by atoms with E-state index in [0.29, 0.717) is 5.56 Å².